The molecule has 0 aliphatic rings. The Kier molecular flexibility index (Phi) is 7.89. The lowest BCUT2D eigenvalue weighted by Gasteiger charge is -2.08. The fourth-order valence-electron chi connectivity index (χ4n) is 1.53. The number of carbonyl (C=O) groups excluding carboxylic acids is 3. The molecule has 0 unspecified atom stereocenters. The second-order valence-electron chi connectivity index (χ2n) is 4.54. The minimum absolute atomic E-state index is 0.00931. The van der Waals surface area contributed by atoms with Crippen LogP contribution < -0.4 is 10.9 Å². The number of benzene rings is 1. The summed E-state index contributed by atoms with van der Waals surface area (Å²) >= 11 is 0. The highest BCUT2D eigenvalue weighted by Gasteiger charge is 2.10. The summed E-state index contributed by atoms with van der Waals surface area (Å²) in [5.41, 5.74) is 5.72. The average Bonchev–Trinajstić information content (AvgIpc) is 2.54. The van der Waals surface area contributed by atoms with Crippen LogP contribution in [0.2, 0.25) is 0 Å². The van der Waals surface area contributed by atoms with Gasteiger partial charge in [0.25, 0.3) is 11.8 Å². The Bertz CT molecular complexity index is 607. The number of hydrazine groups is 1. The van der Waals surface area contributed by atoms with E-state index < -0.39 is 24.4 Å². The molecular weight excluding hydrogens is 300 g/mol. The Morgan fingerprint density at radius 2 is 2.04 bits per heavy atom. The predicted molar refractivity (Wildman–Crippen MR) is 82.0 cm³/mol. The molecule has 1 aromatic rings. The van der Waals surface area contributed by atoms with Gasteiger partial charge in [0.15, 0.2) is 6.61 Å². The van der Waals surface area contributed by atoms with Gasteiger partial charge in [0.1, 0.15) is 6.61 Å². The van der Waals surface area contributed by atoms with Gasteiger partial charge in [-0.1, -0.05) is 23.6 Å². The van der Waals surface area contributed by atoms with E-state index in [0.29, 0.717) is 5.56 Å². The first-order valence-corrected chi connectivity index (χ1v) is 6.85. The van der Waals surface area contributed by atoms with E-state index in [1.807, 2.05) is 13.0 Å². The summed E-state index contributed by atoms with van der Waals surface area (Å²) in [5, 5.41) is 0. The van der Waals surface area contributed by atoms with Gasteiger partial charge < -0.3 is 9.47 Å². The molecule has 7 heteroatoms. The number of carbonyl (C=O) groups is 3. The molecule has 2 amide bonds. The number of nitrogens with one attached hydrogen (secondary N) is 2. The van der Waals surface area contributed by atoms with E-state index >= 15 is 0 Å². The van der Waals surface area contributed by atoms with Crippen LogP contribution in [0.5, 0.6) is 0 Å². The van der Waals surface area contributed by atoms with Crippen molar-refractivity contribution in [2.75, 3.05) is 19.8 Å². The van der Waals surface area contributed by atoms with E-state index in [1.165, 1.54) is 0 Å². The molecule has 0 radical (unpaired) electrons. The summed E-state index contributed by atoms with van der Waals surface area (Å²) in [4.78, 5) is 34.5. The highest BCUT2D eigenvalue weighted by Crippen LogP contribution is 2.02. The van der Waals surface area contributed by atoms with Crippen molar-refractivity contribution >= 4 is 17.8 Å². The first-order valence-electron chi connectivity index (χ1n) is 6.85. The van der Waals surface area contributed by atoms with Gasteiger partial charge in [0, 0.05) is 5.56 Å². The number of terminal acetylenes is 1. The van der Waals surface area contributed by atoms with Crippen molar-refractivity contribution in [1.29, 1.82) is 0 Å². The Morgan fingerprint density at radius 1 is 1.26 bits per heavy atom. The third-order valence-corrected chi connectivity index (χ3v) is 2.60. The van der Waals surface area contributed by atoms with Crippen LogP contribution in [0.1, 0.15) is 22.3 Å². The number of amides is 2. The number of ether oxygens (including phenoxy) is 2. The molecule has 0 saturated carbocycles. The standard InChI is InChI=1S/C16H18N2O5/c1-3-8-22-9-7-15(20)23-11-14(19)17-18-16(21)13-6-4-5-12(2)10-13/h1,4-6,10H,7-9,11H2,2H3,(H,17,19)(H,18,21). The van der Waals surface area contributed by atoms with Crippen molar-refractivity contribution in [2.24, 2.45) is 0 Å². The van der Waals surface area contributed by atoms with E-state index in [4.69, 9.17) is 15.9 Å². The Labute approximate surface area is 134 Å². The van der Waals surface area contributed by atoms with Crippen LogP contribution >= 0.6 is 0 Å². The first-order chi connectivity index (χ1) is 11.0. The zero-order valence-electron chi connectivity index (χ0n) is 12.8. The molecule has 122 valence electrons. The molecular formula is C16H18N2O5. The van der Waals surface area contributed by atoms with Gasteiger partial charge in [-0.15, -0.1) is 6.42 Å². The van der Waals surface area contributed by atoms with Crippen molar-refractivity contribution in [3.05, 3.63) is 35.4 Å². The smallest absolute Gasteiger partial charge is 0.308 e. The number of aryl methyl sites for hydroxylation is 1. The molecule has 0 spiro atoms. The number of hydrogen-bond donors (Lipinski definition) is 2. The highest BCUT2D eigenvalue weighted by molar-refractivity contribution is 5.95. The number of esters is 1. The molecule has 0 heterocycles. The molecule has 0 aliphatic carbocycles. The van der Waals surface area contributed by atoms with Crippen LogP contribution in [0, 0.1) is 19.3 Å². The fraction of sp³-hybridized carbons (Fsp3) is 0.312. The predicted octanol–water partition coefficient (Wildman–Crippen LogP) is 0.339. The molecule has 7 nitrogen and oxygen atoms in total. The van der Waals surface area contributed by atoms with E-state index in [0.717, 1.165) is 5.56 Å². The maximum Gasteiger partial charge on any atom is 0.308 e. The van der Waals surface area contributed by atoms with Gasteiger partial charge in [0.05, 0.1) is 13.0 Å². The van der Waals surface area contributed by atoms with Crippen LogP contribution in [-0.4, -0.2) is 37.6 Å². The van der Waals surface area contributed by atoms with Gasteiger partial charge in [-0.2, -0.15) is 0 Å². The SMILES string of the molecule is C#CCOCCC(=O)OCC(=O)NNC(=O)c1cccc(C)c1. The zero-order chi connectivity index (χ0) is 17.1. The van der Waals surface area contributed by atoms with Gasteiger partial charge in [-0.25, -0.2) is 0 Å². The summed E-state index contributed by atoms with van der Waals surface area (Å²) in [6.07, 6.45) is 4.96. The van der Waals surface area contributed by atoms with Crippen molar-refractivity contribution < 1.29 is 23.9 Å². The molecule has 0 saturated heterocycles. The monoisotopic (exact) mass is 318 g/mol. The normalized spacial score (nSPS) is 9.57. The fourth-order valence-corrected chi connectivity index (χ4v) is 1.53. The summed E-state index contributed by atoms with van der Waals surface area (Å²) in [7, 11) is 0. The lowest BCUT2D eigenvalue weighted by molar-refractivity contribution is -0.149. The van der Waals surface area contributed by atoms with Gasteiger partial charge in [0.2, 0.25) is 0 Å². The summed E-state index contributed by atoms with van der Waals surface area (Å²) in [6, 6.07) is 6.88. The largest absolute Gasteiger partial charge is 0.455 e. The lowest BCUT2D eigenvalue weighted by atomic mass is 10.1. The minimum atomic E-state index is -0.649. The maximum atomic E-state index is 11.8. The quantitative estimate of drug-likeness (QED) is 0.327. The van der Waals surface area contributed by atoms with Gasteiger partial charge in [-0.05, 0) is 19.1 Å². The zero-order valence-corrected chi connectivity index (χ0v) is 12.8. The van der Waals surface area contributed by atoms with Crippen LogP contribution in [-0.2, 0) is 19.1 Å². The maximum absolute atomic E-state index is 11.8. The first kappa shape index (κ1) is 18.2. The molecule has 0 atom stereocenters. The van der Waals surface area contributed by atoms with Crippen molar-refractivity contribution in [2.45, 2.75) is 13.3 Å². The average molecular weight is 318 g/mol. The third kappa shape index (κ3) is 7.64. The summed E-state index contributed by atoms with van der Waals surface area (Å²) in [6.45, 7) is 1.58. The van der Waals surface area contributed by atoms with Crippen molar-refractivity contribution in [3.8, 4) is 12.3 Å². The van der Waals surface area contributed by atoms with Gasteiger partial charge in [-0.3, -0.25) is 25.2 Å². The molecule has 2 N–H and O–H groups in total. The van der Waals surface area contributed by atoms with Crippen molar-refractivity contribution in [1.82, 2.24) is 10.9 Å². The molecule has 0 bridgehead atoms. The highest BCUT2D eigenvalue weighted by atomic mass is 16.5. The molecule has 23 heavy (non-hydrogen) atoms. The Hall–Kier alpha value is -2.85. The van der Waals surface area contributed by atoms with Crippen LogP contribution in [0.25, 0.3) is 0 Å². The third-order valence-electron chi connectivity index (χ3n) is 2.60. The van der Waals surface area contributed by atoms with Gasteiger partial charge >= 0.3 is 5.97 Å². The molecule has 0 fully saturated rings. The van der Waals surface area contributed by atoms with E-state index in [1.54, 1.807) is 18.2 Å². The second kappa shape index (κ2) is 9.97. The number of hydrogen-bond acceptors (Lipinski definition) is 5. The summed E-state index contributed by atoms with van der Waals surface area (Å²) in [5.74, 6) is 0.551. The molecule has 0 aliphatic heterocycles. The van der Waals surface area contributed by atoms with E-state index in [9.17, 15) is 14.4 Å². The number of rotatable bonds is 7. The van der Waals surface area contributed by atoms with Crippen molar-refractivity contribution in [3.63, 3.8) is 0 Å². The van der Waals surface area contributed by atoms with Crippen LogP contribution in [0.15, 0.2) is 24.3 Å². The molecule has 0 aromatic heterocycles. The topological polar surface area (TPSA) is 93.7 Å². The second-order valence-corrected chi connectivity index (χ2v) is 4.54. The summed E-state index contributed by atoms with van der Waals surface area (Å²) < 4.78 is 9.61. The molecule has 1 rings (SSSR count). The van der Waals surface area contributed by atoms with Crippen LogP contribution in [0.4, 0.5) is 0 Å². The minimum Gasteiger partial charge on any atom is -0.455 e. The van der Waals surface area contributed by atoms with E-state index in [2.05, 4.69) is 16.8 Å². The lowest BCUT2D eigenvalue weighted by Crippen LogP contribution is -2.43. The Balaban J connectivity index is 2.23. The molecule has 1 aromatic carbocycles. The van der Waals surface area contributed by atoms with Crippen LogP contribution in [0.3, 0.4) is 0 Å². The van der Waals surface area contributed by atoms with E-state index in [-0.39, 0.29) is 19.6 Å². The Morgan fingerprint density at radius 3 is 2.74 bits per heavy atom.